The normalized spacial score (nSPS) is 53.9. The Morgan fingerprint density at radius 2 is 1.56 bits per heavy atom. The van der Waals surface area contributed by atoms with Crippen LogP contribution in [0.15, 0.2) is 0 Å². The highest BCUT2D eigenvalue weighted by atomic mass is 15.1. The van der Waals surface area contributed by atoms with Crippen molar-refractivity contribution in [1.29, 1.82) is 0 Å². The first kappa shape index (κ1) is 18.3. The summed E-state index contributed by atoms with van der Waals surface area (Å²) in [5.74, 6) is 4.71. The molecule has 2 heteroatoms. The Hall–Kier alpha value is -0.0800. The number of hydrogen-bond acceptors (Lipinski definition) is 2. The molecule has 0 aromatic heterocycles. The minimum atomic E-state index is 0.383. The predicted molar refractivity (Wildman–Crippen MR) is 106 cm³/mol. The molecule has 0 amide bonds. The monoisotopic (exact) mass is 346 g/mol. The van der Waals surface area contributed by atoms with Gasteiger partial charge in [0.25, 0.3) is 0 Å². The second-order valence-corrected chi connectivity index (χ2v) is 11.1. The van der Waals surface area contributed by atoms with E-state index in [2.05, 4.69) is 39.8 Å². The van der Waals surface area contributed by atoms with Gasteiger partial charge in [-0.1, -0.05) is 13.8 Å². The second kappa shape index (κ2) is 6.23. The zero-order chi connectivity index (χ0) is 18.0. The van der Waals surface area contributed by atoms with Crippen LogP contribution in [0.25, 0.3) is 0 Å². The summed E-state index contributed by atoms with van der Waals surface area (Å²) in [5.41, 5.74) is 7.60. The van der Waals surface area contributed by atoms with Crippen LogP contribution in [0, 0.1) is 40.4 Å². The summed E-state index contributed by atoms with van der Waals surface area (Å²) in [6.07, 6.45) is 13.2. The predicted octanol–water partition coefficient (Wildman–Crippen LogP) is 4.92. The van der Waals surface area contributed by atoms with E-state index < -0.39 is 0 Å². The molecule has 9 atom stereocenters. The highest BCUT2D eigenvalue weighted by Gasteiger charge is 2.60. The van der Waals surface area contributed by atoms with Gasteiger partial charge >= 0.3 is 0 Å². The van der Waals surface area contributed by atoms with E-state index in [4.69, 9.17) is 5.73 Å². The SMILES string of the molecule is C[C@H](N)[C@H]1CC[C@H]2[C@@H]3CC[C@H]4C[C@@H](N(C)C)CC[C@]4(C)[C@H]3CC[C@]12C. The van der Waals surface area contributed by atoms with Crippen LogP contribution in [0.4, 0.5) is 0 Å². The highest BCUT2D eigenvalue weighted by molar-refractivity contribution is 5.10. The van der Waals surface area contributed by atoms with Crippen molar-refractivity contribution in [3.63, 3.8) is 0 Å². The van der Waals surface area contributed by atoms with Gasteiger partial charge in [-0.2, -0.15) is 0 Å². The lowest BCUT2D eigenvalue weighted by Gasteiger charge is -2.61. The molecule has 4 aliphatic carbocycles. The largest absolute Gasteiger partial charge is 0.328 e. The van der Waals surface area contributed by atoms with Gasteiger partial charge in [0.2, 0.25) is 0 Å². The Labute approximate surface area is 156 Å². The van der Waals surface area contributed by atoms with Crippen molar-refractivity contribution in [3.8, 4) is 0 Å². The lowest BCUT2D eigenvalue weighted by Crippen LogP contribution is -2.55. The van der Waals surface area contributed by atoms with Crippen molar-refractivity contribution in [2.45, 2.75) is 90.6 Å². The van der Waals surface area contributed by atoms with Gasteiger partial charge in [-0.15, -0.1) is 0 Å². The van der Waals surface area contributed by atoms with Crippen LogP contribution >= 0.6 is 0 Å². The lowest BCUT2D eigenvalue weighted by atomic mass is 9.44. The molecular formula is C23H42N2. The average molecular weight is 347 g/mol. The Morgan fingerprint density at radius 3 is 2.24 bits per heavy atom. The molecule has 0 aromatic rings. The molecule has 0 saturated heterocycles. The molecule has 4 aliphatic rings. The molecule has 0 radical (unpaired) electrons. The quantitative estimate of drug-likeness (QED) is 0.768. The van der Waals surface area contributed by atoms with Gasteiger partial charge in [-0.05, 0) is 119 Å². The van der Waals surface area contributed by atoms with E-state index in [0.717, 1.165) is 35.6 Å². The van der Waals surface area contributed by atoms with E-state index in [1.807, 2.05) is 0 Å². The van der Waals surface area contributed by atoms with Crippen LogP contribution in [0.2, 0.25) is 0 Å². The van der Waals surface area contributed by atoms with E-state index in [9.17, 15) is 0 Å². The fourth-order valence-electron chi connectivity index (χ4n) is 8.61. The van der Waals surface area contributed by atoms with Crippen LogP contribution < -0.4 is 5.73 Å². The van der Waals surface area contributed by atoms with Crippen molar-refractivity contribution in [3.05, 3.63) is 0 Å². The van der Waals surface area contributed by atoms with Crippen LogP contribution in [0.5, 0.6) is 0 Å². The summed E-state index contributed by atoms with van der Waals surface area (Å²) < 4.78 is 0. The molecule has 2 N–H and O–H groups in total. The first-order valence-corrected chi connectivity index (χ1v) is 11.2. The Morgan fingerprint density at radius 1 is 0.880 bits per heavy atom. The van der Waals surface area contributed by atoms with Gasteiger partial charge in [0, 0.05) is 12.1 Å². The molecule has 0 bridgehead atoms. The summed E-state index contributed by atoms with van der Waals surface area (Å²) in [5, 5.41) is 0. The topological polar surface area (TPSA) is 29.3 Å². The highest BCUT2D eigenvalue weighted by Crippen LogP contribution is 2.67. The molecule has 4 saturated carbocycles. The van der Waals surface area contributed by atoms with E-state index in [-0.39, 0.29) is 0 Å². The first-order chi connectivity index (χ1) is 11.8. The minimum Gasteiger partial charge on any atom is -0.328 e. The summed E-state index contributed by atoms with van der Waals surface area (Å²) in [4.78, 5) is 2.49. The summed E-state index contributed by atoms with van der Waals surface area (Å²) >= 11 is 0. The van der Waals surface area contributed by atoms with Crippen molar-refractivity contribution < 1.29 is 0 Å². The number of hydrogen-bond donors (Lipinski definition) is 1. The van der Waals surface area contributed by atoms with Crippen molar-refractivity contribution in [2.75, 3.05) is 14.1 Å². The third-order valence-electron chi connectivity index (χ3n) is 10.1. The van der Waals surface area contributed by atoms with E-state index in [1.165, 1.54) is 57.8 Å². The average Bonchev–Trinajstić information content (AvgIpc) is 2.91. The number of fused-ring (bicyclic) bond motifs is 5. The Bertz CT molecular complexity index is 500. The maximum atomic E-state index is 6.43. The molecule has 0 spiro atoms. The van der Waals surface area contributed by atoms with Gasteiger partial charge in [0.05, 0.1) is 0 Å². The van der Waals surface area contributed by atoms with Crippen LogP contribution in [-0.2, 0) is 0 Å². The van der Waals surface area contributed by atoms with Gasteiger partial charge < -0.3 is 10.6 Å². The second-order valence-electron chi connectivity index (χ2n) is 11.1. The van der Waals surface area contributed by atoms with Gasteiger partial charge in [-0.25, -0.2) is 0 Å². The molecule has 4 fully saturated rings. The first-order valence-electron chi connectivity index (χ1n) is 11.2. The van der Waals surface area contributed by atoms with Gasteiger partial charge in [0.1, 0.15) is 0 Å². The van der Waals surface area contributed by atoms with Crippen LogP contribution in [-0.4, -0.2) is 31.1 Å². The summed E-state index contributed by atoms with van der Waals surface area (Å²) in [6, 6.07) is 1.21. The number of nitrogens with two attached hydrogens (primary N) is 1. The van der Waals surface area contributed by atoms with Crippen molar-refractivity contribution in [1.82, 2.24) is 4.90 Å². The molecule has 144 valence electrons. The fraction of sp³-hybridized carbons (Fsp3) is 1.00. The standard InChI is InChI=1S/C23H42N2/c1-15(24)19-8-9-20-18-7-6-16-14-17(25(4)5)10-12-22(16,2)21(18)11-13-23(19,20)3/h15-21H,6-14,24H2,1-5H3/t15-,16-,17-,18-,19+,20-,21-,22-,23+/m0/s1. The summed E-state index contributed by atoms with van der Waals surface area (Å²) in [6.45, 7) is 7.58. The van der Waals surface area contributed by atoms with Crippen molar-refractivity contribution >= 4 is 0 Å². The van der Waals surface area contributed by atoms with Crippen LogP contribution in [0.1, 0.15) is 78.6 Å². The van der Waals surface area contributed by atoms with E-state index in [0.29, 0.717) is 16.9 Å². The van der Waals surface area contributed by atoms with Gasteiger partial charge in [0.15, 0.2) is 0 Å². The number of nitrogens with zero attached hydrogens (tertiary/aromatic N) is 1. The zero-order valence-corrected chi connectivity index (χ0v) is 17.4. The molecule has 0 unspecified atom stereocenters. The van der Waals surface area contributed by atoms with Crippen molar-refractivity contribution in [2.24, 2.45) is 46.2 Å². The van der Waals surface area contributed by atoms with Gasteiger partial charge in [-0.3, -0.25) is 0 Å². The number of rotatable bonds is 2. The summed E-state index contributed by atoms with van der Waals surface area (Å²) in [7, 11) is 4.58. The third kappa shape index (κ3) is 2.64. The van der Waals surface area contributed by atoms with Crippen LogP contribution in [0.3, 0.4) is 0 Å². The lowest BCUT2D eigenvalue weighted by molar-refractivity contribution is -0.120. The Kier molecular flexibility index (Phi) is 4.56. The molecule has 25 heavy (non-hydrogen) atoms. The molecule has 0 aliphatic heterocycles. The molecular weight excluding hydrogens is 304 g/mol. The third-order valence-corrected chi connectivity index (χ3v) is 10.1. The molecule has 0 aromatic carbocycles. The molecule has 0 heterocycles. The van der Waals surface area contributed by atoms with E-state index in [1.54, 1.807) is 0 Å². The van der Waals surface area contributed by atoms with E-state index >= 15 is 0 Å². The maximum Gasteiger partial charge on any atom is 0.00922 e. The maximum absolute atomic E-state index is 6.43. The Balaban J connectivity index is 1.56. The smallest absolute Gasteiger partial charge is 0.00922 e. The minimum absolute atomic E-state index is 0.383. The fourth-order valence-corrected chi connectivity index (χ4v) is 8.61. The zero-order valence-electron chi connectivity index (χ0n) is 17.4. The molecule has 2 nitrogen and oxygen atoms in total. The molecule has 4 rings (SSSR count).